The largest absolute Gasteiger partial charge is 0.287 e. The van der Waals surface area contributed by atoms with Crippen LogP contribution in [0.25, 0.3) is 10.8 Å². The molecule has 2 aromatic rings. The van der Waals surface area contributed by atoms with E-state index in [0.29, 0.717) is 11.6 Å². The van der Waals surface area contributed by atoms with Crippen LogP contribution < -0.4 is 10.9 Å². The monoisotopic (exact) mass is 312 g/mol. The molecule has 0 atom stereocenters. The lowest BCUT2D eigenvalue weighted by atomic mass is 10.0. The summed E-state index contributed by atoms with van der Waals surface area (Å²) in [6.45, 7) is 4.40. The maximum absolute atomic E-state index is 12.4. The fraction of sp³-hybridized carbons (Fsp3) is 0.450. The maximum atomic E-state index is 12.4. The van der Waals surface area contributed by atoms with E-state index in [2.05, 4.69) is 30.8 Å². The summed E-state index contributed by atoms with van der Waals surface area (Å²) in [5, 5.41) is 2.24. The van der Waals surface area contributed by atoms with Gasteiger partial charge in [-0.15, -0.1) is 0 Å². The molecule has 3 nitrogen and oxygen atoms in total. The van der Waals surface area contributed by atoms with Crippen molar-refractivity contribution in [1.82, 2.24) is 10.9 Å². The van der Waals surface area contributed by atoms with Crippen molar-refractivity contribution in [2.24, 2.45) is 0 Å². The summed E-state index contributed by atoms with van der Waals surface area (Å²) in [4.78, 5) is 12.4. The number of hydrazine groups is 1. The molecule has 0 heterocycles. The molecule has 0 radical (unpaired) electrons. The molecular formula is C20H28N2O. The second kappa shape index (κ2) is 9.31. The molecule has 0 aliphatic rings. The molecule has 1 amide bonds. The summed E-state index contributed by atoms with van der Waals surface area (Å²) in [6.07, 6.45) is 6.95. The molecule has 2 N–H and O–H groups in total. The highest BCUT2D eigenvalue weighted by Crippen LogP contribution is 2.15. The standard InChI is InChI=1S/C20H28N2O/c1-3-5-11-19(12-6-4-2)21-22-20(23)18-14-13-16-9-7-8-10-17(16)15-18/h7-10,13-15,19,21H,3-6,11-12H2,1-2H3,(H,22,23). The minimum atomic E-state index is -0.0613. The Bertz CT molecular complexity index is 616. The van der Waals surface area contributed by atoms with Crippen LogP contribution >= 0.6 is 0 Å². The van der Waals surface area contributed by atoms with E-state index in [4.69, 9.17) is 0 Å². The number of unbranched alkanes of at least 4 members (excludes halogenated alkanes) is 2. The molecule has 124 valence electrons. The minimum absolute atomic E-state index is 0.0613. The summed E-state index contributed by atoms with van der Waals surface area (Å²) < 4.78 is 0. The number of amides is 1. The lowest BCUT2D eigenvalue weighted by Crippen LogP contribution is -2.44. The van der Waals surface area contributed by atoms with Crippen molar-refractivity contribution in [2.75, 3.05) is 0 Å². The van der Waals surface area contributed by atoms with Crippen molar-refractivity contribution in [1.29, 1.82) is 0 Å². The van der Waals surface area contributed by atoms with Crippen LogP contribution in [-0.2, 0) is 0 Å². The van der Waals surface area contributed by atoms with Gasteiger partial charge >= 0.3 is 0 Å². The Kier molecular flexibility index (Phi) is 7.08. The zero-order valence-corrected chi connectivity index (χ0v) is 14.3. The lowest BCUT2D eigenvalue weighted by molar-refractivity contribution is 0.0922. The first-order valence-corrected chi connectivity index (χ1v) is 8.79. The van der Waals surface area contributed by atoms with Crippen molar-refractivity contribution in [3.8, 4) is 0 Å². The van der Waals surface area contributed by atoms with Gasteiger partial charge in [-0.3, -0.25) is 10.2 Å². The van der Waals surface area contributed by atoms with Crippen molar-refractivity contribution < 1.29 is 4.79 Å². The Morgan fingerprint density at radius 3 is 2.26 bits per heavy atom. The van der Waals surface area contributed by atoms with E-state index in [0.717, 1.165) is 23.6 Å². The summed E-state index contributed by atoms with van der Waals surface area (Å²) in [6, 6.07) is 14.3. The van der Waals surface area contributed by atoms with Gasteiger partial charge in [0.05, 0.1) is 0 Å². The van der Waals surface area contributed by atoms with Crippen LogP contribution in [0.1, 0.15) is 62.7 Å². The Balaban J connectivity index is 1.95. The summed E-state index contributed by atoms with van der Waals surface area (Å²) in [5.74, 6) is -0.0613. The van der Waals surface area contributed by atoms with Gasteiger partial charge in [0.25, 0.3) is 5.91 Å². The average Bonchev–Trinajstić information content (AvgIpc) is 2.60. The minimum Gasteiger partial charge on any atom is -0.287 e. The van der Waals surface area contributed by atoms with Gasteiger partial charge < -0.3 is 0 Å². The van der Waals surface area contributed by atoms with Gasteiger partial charge in [-0.2, -0.15) is 0 Å². The third kappa shape index (κ3) is 5.36. The van der Waals surface area contributed by atoms with Crippen molar-refractivity contribution in [2.45, 2.75) is 58.4 Å². The van der Waals surface area contributed by atoms with Gasteiger partial charge in [-0.05, 0) is 35.7 Å². The molecule has 2 aromatic carbocycles. The van der Waals surface area contributed by atoms with E-state index in [1.54, 1.807) is 0 Å². The van der Waals surface area contributed by atoms with Crippen LogP contribution in [-0.4, -0.2) is 11.9 Å². The first-order chi connectivity index (χ1) is 11.2. The first-order valence-electron chi connectivity index (χ1n) is 8.79. The number of rotatable bonds is 9. The Morgan fingerprint density at radius 1 is 0.957 bits per heavy atom. The molecule has 2 rings (SSSR count). The second-order valence-corrected chi connectivity index (χ2v) is 6.14. The molecule has 3 heteroatoms. The van der Waals surface area contributed by atoms with E-state index < -0.39 is 0 Å². The van der Waals surface area contributed by atoms with Gasteiger partial charge in [-0.25, -0.2) is 5.43 Å². The Hall–Kier alpha value is -1.87. The van der Waals surface area contributed by atoms with Crippen LogP contribution in [0, 0.1) is 0 Å². The predicted molar refractivity (Wildman–Crippen MR) is 97.4 cm³/mol. The summed E-state index contributed by atoms with van der Waals surface area (Å²) in [7, 11) is 0. The maximum Gasteiger partial charge on any atom is 0.265 e. The van der Waals surface area contributed by atoms with Crippen molar-refractivity contribution in [3.05, 3.63) is 48.0 Å². The zero-order valence-electron chi connectivity index (χ0n) is 14.3. The van der Waals surface area contributed by atoms with E-state index in [1.807, 2.05) is 36.4 Å². The molecular weight excluding hydrogens is 284 g/mol. The fourth-order valence-corrected chi connectivity index (χ4v) is 2.76. The van der Waals surface area contributed by atoms with E-state index >= 15 is 0 Å². The number of carbonyl (C=O) groups is 1. The topological polar surface area (TPSA) is 41.1 Å². The van der Waals surface area contributed by atoms with Crippen LogP contribution in [0.5, 0.6) is 0 Å². The predicted octanol–water partition coefficient (Wildman–Crippen LogP) is 4.82. The Labute approximate surface area is 139 Å². The molecule has 0 fully saturated rings. The van der Waals surface area contributed by atoms with Gasteiger partial charge in [-0.1, -0.05) is 69.9 Å². The number of fused-ring (bicyclic) bond motifs is 1. The second-order valence-electron chi connectivity index (χ2n) is 6.14. The Morgan fingerprint density at radius 2 is 1.61 bits per heavy atom. The van der Waals surface area contributed by atoms with E-state index in [9.17, 15) is 4.79 Å². The van der Waals surface area contributed by atoms with Gasteiger partial charge in [0.15, 0.2) is 0 Å². The third-order valence-electron chi connectivity index (χ3n) is 4.21. The van der Waals surface area contributed by atoms with E-state index in [-0.39, 0.29) is 5.91 Å². The number of nitrogens with one attached hydrogen (secondary N) is 2. The lowest BCUT2D eigenvalue weighted by Gasteiger charge is -2.19. The molecule has 0 aromatic heterocycles. The molecule has 0 bridgehead atoms. The van der Waals surface area contributed by atoms with Crippen LogP contribution in [0.2, 0.25) is 0 Å². The number of benzene rings is 2. The normalized spacial score (nSPS) is 11.1. The quantitative estimate of drug-likeness (QED) is 0.652. The molecule has 0 spiro atoms. The molecule has 23 heavy (non-hydrogen) atoms. The SMILES string of the molecule is CCCCC(CCCC)NNC(=O)c1ccc2ccccc2c1. The molecule has 0 saturated carbocycles. The summed E-state index contributed by atoms with van der Waals surface area (Å²) >= 11 is 0. The average molecular weight is 312 g/mol. The smallest absolute Gasteiger partial charge is 0.265 e. The van der Waals surface area contributed by atoms with Crippen LogP contribution in [0.15, 0.2) is 42.5 Å². The number of hydrogen-bond donors (Lipinski definition) is 2. The van der Waals surface area contributed by atoms with Gasteiger partial charge in [0.1, 0.15) is 0 Å². The highest BCUT2D eigenvalue weighted by Gasteiger charge is 2.10. The zero-order chi connectivity index (χ0) is 16.5. The molecule has 0 unspecified atom stereocenters. The first kappa shape index (κ1) is 17.5. The van der Waals surface area contributed by atoms with E-state index in [1.165, 1.54) is 25.7 Å². The highest BCUT2D eigenvalue weighted by atomic mass is 16.2. The molecule has 0 aliphatic heterocycles. The molecule has 0 saturated heterocycles. The van der Waals surface area contributed by atoms with Crippen LogP contribution in [0.3, 0.4) is 0 Å². The summed E-state index contributed by atoms with van der Waals surface area (Å²) in [5.41, 5.74) is 6.82. The van der Waals surface area contributed by atoms with Crippen LogP contribution in [0.4, 0.5) is 0 Å². The molecule has 0 aliphatic carbocycles. The number of carbonyl (C=O) groups excluding carboxylic acids is 1. The van der Waals surface area contributed by atoms with Crippen molar-refractivity contribution >= 4 is 16.7 Å². The van der Waals surface area contributed by atoms with Gasteiger partial charge in [0.2, 0.25) is 0 Å². The fourth-order valence-electron chi connectivity index (χ4n) is 2.76. The number of hydrogen-bond acceptors (Lipinski definition) is 2. The van der Waals surface area contributed by atoms with Gasteiger partial charge in [0, 0.05) is 11.6 Å². The highest BCUT2D eigenvalue weighted by molar-refractivity contribution is 5.98. The third-order valence-corrected chi connectivity index (χ3v) is 4.21. The van der Waals surface area contributed by atoms with Crippen molar-refractivity contribution in [3.63, 3.8) is 0 Å².